The summed E-state index contributed by atoms with van der Waals surface area (Å²) in [6.07, 6.45) is 0.209. The summed E-state index contributed by atoms with van der Waals surface area (Å²) in [7, 11) is 0. The fourth-order valence-electron chi connectivity index (χ4n) is 1.09. The highest BCUT2D eigenvalue weighted by Crippen LogP contribution is 2.12. The van der Waals surface area contributed by atoms with Gasteiger partial charge in [0.1, 0.15) is 0 Å². The minimum Gasteiger partial charge on any atom is -0.480 e. The van der Waals surface area contributed by atoms with Crippen molar-refractivity contribution in [2.75, 3.05) is 0 Å². The number of carboxylic acid groups (broad SMARTS) is 1. The summed E-state index contributed by atoms with van der Waals surface area (Å²) in [5, 5.41) is 11.7. The van der Waals surface area contributed by atoms with Crippen LogP contribution in [0.5, 0.6) is 0 Å². The van der Waals surface area contributed by atoms with Crippen LogP contribution < -0.4 is 0 Å². The Kier molecular flexibility index (Phi) is 4.76. The molecule has 0 aromatic rings. The van der Waals surface area contributed by atoms with E-state index >= 15 is 0 Å². The Bertz CT molecular complexity index is 239. The van der Waals surface area contributed by atoms with Crippen molar-refractivity contribution in [1.82, 2.24) is 5.01 Å². The molecule has 0 aromatic carbocycles. The number of carbonyl (C=O) groups excluding carboxylic acids is 1. The molecule has 0 radical (unpaired) electrons. The van der Waals surface area contributed by atoms with Crippen LogP contribution in [0, 0.1) is 10.8 Å². The van der Waals surface area contributed by atoms with E-state index in [1.165, 1.54) is 0 Å². The SMILES string of the molecule is CC(=O)N(N=O)[C@H](CC(C)C)C(=O)O. The highest BCUT2D eigenvalue weighted by atomic mass is 16.4. The van der Waals surface area contributed by atoms with Gasteiger partial charge in [-0.1, -0.05) is 13.8 Å². The van der Waals surface area contributed by atoms with E-state index in [9.17, 15) is 14.5 Å². The largest absolute Gasteiger partial charge is 0.480 e. The average Bonchev–Trinajstić information content (AvgIpc) is 2.02. The van der Waals surface area contributed by atoms with Crippen LogP contribution in [-0.4, -0.2) is 28.0 Å². The van der Waals surface area contributed by atoms with Gasteiger partial charge in [0.2, 0.25) is 5.91 Å². The van der Waals surface area contributed by atoms with Crippen LogP contribution >= 0.6 is 0 Å². The lowest BCUT2D eigenvalue weighted by atomic mass is 10.0. The summed E-state index contributed by atoms with van der Waals surface area (Å²) in [6.45, 7) is 4.72. The standard InChI is InChI=1S/C8H14N2O4/c1-5(2)4-7(8(12)13)10(9-14)6(3)11/h5,7H,4H2,1-3H3,(H,12,13)/t7-/m1/s1. The van der Waals surface area contributed by atoms with Crippen LogP contribution in [0.25, 0.3) is 0 Å². The second-order valence-corrected chi connectivity index (χ2v) is 3.43. The highest BCUT2D eigenvalue weighted by molar-refractivity contribution is 5.81. The Morgan fingerprint density at radius 3 is 2.14 bits per heavy atom. The van der Waals surface area contributed by atoms with Crippen LogP contribution in [0.2, 0.25) is 0 Å². The Labute approximate surface area is 81.8 Å². The third-order valence-electron chi connectivity index (χ3n) is 1.69. The molecule has 1 amide bonds. The molecular formula is C8H14N2O4. The van der Waals surface area contributed by atoms with Gasteiger partial charge in [-0.2, -0.15) is 5.01 Å². The van der Waals surface area contributed by atoms with Crippen LogP contribution in [0.1, 0.15) is 27.2 Å². The van der Waals surface area contributed by atoms with Gasteiger partial charge >= 0.3 is 5.97 Å². The Balaban J connectivity index is 4.69. The van der Waals surface area contributed by atoms with Crippen molar-refractivity contribution in [3.05, 3.63) is 4.91 Å². The molecule has 0 saturated heterocycles. The van der Waals surface area contributed by atoms with Crippen molar-refractivity contribution in [3.63, 3.8) is 0 Å². The van der Waals surface area contributed by atoms with E-state index in [0.717, 1.165) is 6.92 Å². The number of rotatable bonds is 5. The van der Waals surface area contributed by atoms with E-state index < -0.39 is 17.9 Å². The van der Waals surface area contributed by atoms with Gasteiger partial charge in [0.05, 0.1) is 5.29 Å². The maximum atomic E-state index is 10.9. The smallest absolute Gasteiger partial charge is 0.328 e. The number of aliphatic carboxylic acids is 1. The summed E-state index contributed by atoms with van der Waals surface area (Å²) in [4.78, 5) is 31.9. The first-order valence-electron chi connectivity index (χ1n) is 4.26. The molecule has 1 atom stereocenters. The normalized spacial score (nSPS) is 12.3. The maximum absolute atomic E-state index is 10.9. The lowest BCUT2D eigenvalue weighted by Crippen LogP contribution is -2.41. The zero-order valence-corrected chi connectivity index (χ0v) is 8.43. The average molecular weight is 202 g/mol. The van der Waals surface area contributed by atoms with Crippen molar-refractivity contribution < 1.29 is 14.7 Å². The van der Waals surface area contributed by atoms with Crippen LogP contribution in [0.15, 0.2) is 5.29 Å². The third-order valence-corrected chi connectivity index (χ3v) is 1.69. The Morgan fingerprint density at radius 2 is 1.93 bits per heavy atom. The van der Waals surface area contributed by atoms with Gasteiger partial charge in [0.25, 0.3) is 0 Å². The fraction of sp³-hybridized carbons (Fsp3) is 0.750. The molecule has 0 aliphatic carbocycles. The van der Waals surface area contributed by atoms with Gasteiger partial charge in [-0.25, -0.2) is 4.79 Å². The zero-order chi connectivity index (χ0) is 11.3. The minimum absolute atomic E-state index is 0.0692. The zero-order valence-electron chi connectivity index (χ0n) is 8.43. The topological polar surface area (TPSA) is 87.0 Å². The molecule has 0 bridgehead atoms. The fourth-order valence-corrected chi connectivity index (χ4v) is 1.09. The quantitative estimate of drug-likeness (QED) is 0.532. The van der Waals surface area contributed by atoms with Crippen molar-refractivity contribution in [1.29, 1.82) is 0 Å². The molecule has 0 rings (SSSR count). The van der Waals surface area contributed by atoms with Gasteiger partial charge in [0.15, 0.2) is 6.04 Å². The van der Waals surface area contributed by atoms with Gasteiger partial charge < -0.3 is 5.11 Å². The van der Waals surface area contributed by atoms with E-state index in [1.807, 2.05) is 0 Å². The molecule has 0 aromatic heterocycles. The van der Waals surface area contributed by atoms with Crippen molar-refractivity contribution in [2.45, 2.75) is 33.2 Å². The van der Waals surface area contributed by atoms with E-state index in [2.05, 4.69) is 5.29 Å². The lowest BCUT2D eigenvalue weighted by molar-refractivity contribution is -0.150. The molecule has 6 heteroatoms. The van der Waals surface area contributed by atoms with E-state index in [4.69, 9.17) is 5.11 Å². The van der Waals surface area contributed by atoms with Crippen molar-refractivity contribution >= 4 is 11.9 Å². The summed E-state index contributed by atoms with van der Waals surface area (Å²) >= 11 is 0. The molecule has 0 spiro atoms. The number of amides is 1. The van der Waals surface area contributed by atoms with Crippen molar-refractivity contribution in [3.8, 4) is 0 Å². The monoisotopic (exact) mass is 202 g/mol. The lowest BCUT2D eigenvalue weighted by Gasteiger charge is -2.20. The highest BCUT2D eigenvalue weighted by Gasteiger charge is 2.29. The van der Waals surface area contributed by atoms with Crippen LogP contribution in [0.3, 0.4) is 0 Å². The molecule has 6 nitrogen and oxygen atoms in total. The number of nitroso groups, excluding NO2 is 1. The summed E-state index contributed by atoms with van der Waals surface area (Å²) < 4.78 is 0. The maximum Gasteiger partial charge on any atom is 0.328 e. The number of carbonyl (C=O) groups is 2. The first-order valence-corrected chi connectivity index (χ1v) is 4.26. The summed E-state index contributed by atoms with van der Waals surface area (Å²) in [5.74, 6) is -1.80. The minimum atomic E-state index is -1.21. The van der Waals surface area contributed by atoms with E-state index in [1.54, 1.807) is 13.8 Å². The molecule has 0 aliphatic heterocycles. The number of hydrogen-bond donors (Lipinski definition) is 1. The molecule has 14 heavy (non-hydrogen) atoms. The van der Waals surface area contributed by atoms with E-state index in [0.29, 0.717) is 5.01 Å². The molecule has 0 saturated carbocycles. The Morgan fingerprint density at radius 1 is 1.43 bits per heavy atom. The molecule has 0 heterocycles. The van der Waals surface area contributed by atoms with Gasteiger partial charge in [-0.15, -0.1) is 4.91 Å². The molecule has 0 unspecified atom stereocenters. The second-order valence-electron chi connectivity index (χ2n) is 3.43. The van der Waals surface area contributed by atoms with Crippen molar-refractivity contribution in [2.24, 2.45) is 11.2 Å². The first kappa shape index (κ1) is 12.5. The predicted octanol–water partition coefficient (Wildman–Crippen LogP) is 1.02. The second kappa shape index (κ2) is 5.31. The van der Waals surface area contributed by atoms with Crippen LogP contribution in [-0.2, 0) is 9.59 Å². The number of hydrogen-bond acceptors (Lipinski definition) is 4. The molecule has 0 aliphatic rings. The van der Waals surface area contributed by atoms with Crippen LogP contribution in [0.4, 0.5) is 0 Å². The Hall–Kier alpha value is -1.46. The van der Waals surface area contributed by atoms with Gasteiger partial charge in [-0.3, -0.25) is 4.79 Å². The molecule has 80 valence electrons. The summed E-state index contributed by atoms with van der Waals surface area (Å²) in [6, 6.07) is -1.16. The van der Waals surface area contributed by atoms with Gasteiger partial charge in [-0.05, 0) is 12.3 Å². The molecule has 0 fully saturated rings. The van der Waals surface area contributed by atoms with E-state index in [-0.39, 0.29) is 12.3 Å². The first-order chi connectivity index (χ1) is 6.40. The predicted molar refractivity (Wildman–Crippen MR) is 49.2 cm³/mol. The molecule has 1 N–H and O–H groups in total. The van der Waals surface area contributed by atoms with Gasteiger partial charge in [0, 0.05) is 6.92 Å². The number of carboxylic acids is 1. The molecular weight excluding hydrogens is 188 g/mol. The third kappa shape index (κ3) is 3.51. The number of nitrogens with zero attached hydrogens (tertiary/aromatic N) is 2. The summed E-state index contributed by atoms with van der Waals surface area (Å²) in [5.41, 5.74) is 0.